The summed E-state index contributed by atoms with van der Waals surface area (Å²) in [5, 5.41) is 0.120. The number of likely N-dealkylation sites (tertiary alicyclic amines) is 1. The van der Waals surface area contributed by atoms with Gasteiger partial charge in [0.05, 0.1) is 11.6 Å². The van der Waals surface area contributed by atoms with Gasteiger partial charge in [-0.05, 0) is 56.3 Å². The molecule has 1 fully saturated rings. The van der Waals surface area contributed by atoms with Crippen LogP contribution in [0, 0.1) is 5.82 Å². The molecule has 0 bridgehead atoms. The molecule has 2 aromatic rings. The predicted octanol–water partition coefficient (Wildman–Crippen LogP) is 4.33. The summed E-state index contributed by atoms with van der Waals surface area (Å²) in [5.41, 5.74) is 0.805. The number of benzene rings is 1. The molecule has 3 rings (SSSR count). The van der Waals surface area contributed by atoms with E-state index in [1.807, 2.05) is 12.1 Å². The maximum Gasteiger partial charge on any atom is 0.141 e. The highest BCUT2D eigenvalue weighted by atomic mass is 35.5. The van der Waals surface area contributed by atoms with Crippen molar-refractivity contribution in [3.05, 3.63) is 46.9 Å². The van der Waals surface area contributed by atoms with E-state index in [9.17, 15) is 4.39 Å². The molecular formula is C15H15ClFNO. The van der Waals surface area contributed by atoms with E-state index in [0.717, 1.165) is 36.7 Å². The van der Waals surface area contributed by atoms with Crippen molar-refractivity contribution in [1.29, 1.82) is 0 Å². The quantitative estimate of drug-likeness (QED) is 0.831. The van der Waals surface area contributed by atoms with E-state index >= 15 is 0 Å². The van der Waals surface area contributed by atoms with Crippen LogP contribution in [0.1, 0.15) is 18.6 Å². The fourth-order valence-corrected chi connectivity index (χ4v) is 2.61. The molecule has 1 saturated heterocycles. The fourth-order valence-electron chi connectivity index (χ4n) is 2.43. The maximum absolute atomic E-state index is 13.1. The minimum Gasteiger partial charge on any atom is -0.460 e. The zero-order chi connectivity index (χ0) is 13.2. The fraction of sp³-hybridized carbons (Fsp3) is 0.333. The number of halogens is 2. The Morgan fingerprint density at radius 3 is 2.68 bits per heavy atom. The third-order valence-electron chi connectivity index (χ3n) is 3.44. The highest BCUT2D eigenvalue weighted by Gasteiger charge is 2.14. The SMILES string of the molecule is Fc1ccc(-c2ccc(CN3CCCC3)o2)cc1Cl. The largest absolute Gasteiger partial charge is 0.460 e. The molecule has 1 aromatic heterocycles. The number of furan rings is 1. The molecule has 4 heteroatoms. The van der Waals surface area contributed by atoms with Gasteiger partial charge in [0.25, 0.3) is 0 Å². The molecule has 2 nitrogen and oxygen atoms in total. The van der Waals surface area contributed by atoms with Gasteiger partial charge >= 0.3 is 0 Å². The first-order valence-electron chi connectivity index (χ1n) is 6.49. The maximum atomic E-state index is 13.1. The molecule has 0 N–H and O–H groups in total. The predicted molar refractivity (Wildman–Crippen MR) is 73.6 cm³/mol. The first kappa shape index (κ1) is 12.7. The smallest absolute Gasteiger partial charge is 0.141 e. The molecule has 0 aliphatic carbocycles. The van der Waals surface area contributed by atoms with Crippen LogP contribution in [0.15, 0.2) is 34.7 Å². The van der Waals surface area contributed by atoms with Gasteiger partial charge in [0.2, 0.25) is 0 Å². The summed E-state index contributed by atoms with van der Waals surface area (Å²) in [5.74, 6) is 1.27. The van der Waals surface area contributed by atoms with Gasteiger partial charge in [-0.2, -0.15) is 0 Å². The summed E-state index contributed by atoms with van der Waals surface area (Å²) in [6.45, 7) is 3.12. The Morgan fingerprint density at radius 1 is 1.16 bits per heavy atom. The minimum atomic E-state index is -0.408. The van der Waals surface area contributed by atoms with E-state index in [-0.39, 0.29) is 5.02 Å². The first-order chi connectivity index (χ1) is 9.22. The van der Waals surface area contributed by atoms with Gasteiger partial charge in [-0.15, -0.1) is 0 Å². The summed E-state index contributed by atoms with van der Waals surface area (Å²) in [6.07, 6.45) is 2.53. The third kappa shape index (κ3) is 2.82. The number of hydrogen-bond donors (Lipinski definition) is 0. The van der Waals surface area contributed by atoms with Gasteiger partial charge in [-0.25, -0.2) is 4.39 Å². The topological polar surface area (TPSA) is 16.4 Å². The average Bonchev–Trinajstić information content (AvgIpc) is 3.05. The average molecular weight is 280 g/mol. The zero-order valence-electron chi connectivity index (χ0n) is 10.5. The molecule has 1 aliphatic heterocycles. The van der Waals surface area contributed by atoms with E-state index < -0.39 is 5.82 Å². The van der Waals surface area contributed by atoms with Crippen LogP contribution in [0.4, 0.5) is 4.39 Å². The summed E-state index contributed by atoms with van der Waals surface area (Å²) in [4.78, 5) is 2.38. The summed E-state index contributed by atoms with van der Waals surface area (Å²) in [6, 6.07) is 8.52. The zero-order valence-corrected chi connectivity index (χ0v) is 11.3. The van der Waals surface area contributed by atoms with E-state index in [1.54, 1.807) is 12.1 Å². The molecular weight excluding hydrogens is 265 g/mol. The Labute approximate surface area is 116 Å². The van der Waals surface area contributed by atoms with E-state index in [1.165, 1.54) is 18.9 Å². The van der Waals surface area contributed by atoms with Crippen LogP contribution in [0.25, 0.3) is 11.3 Å². The van der Waals surface area contributed by atoms with Crippen LogP contribution < -0.4 is 0 Å². The van der Waals surface area contributed by atoms with Crippen molar-refractivity contribution >= 4 is 11.6 Å². The molecule has 0 atom stereocenters. The highest BCUT2D eigenvalue weighted by molar-refractivity contribution is 6.31. The molecule has 0 radical (unpaired) electrons. The normalized spacial score (nSPS) is 16.1. The Hall–Kier alpha value is -1.32. The van der Waals surface area contributed by atoms with Gasteiger partial charge in [0.1, 0.15) is 17.3 Å². The molecule has 1 aliphatic rings. The third-order valence-corrected chi connectivity index (χ3v) is 3.73. The van der Waals surface area contributed by atoms with Crippen LogP contribution >= 0.6 is 11.6 Å². The lowest BCUT2D eigenvalue weighted by atomic mass is 10.2. The van der Waals surface area contributed by atoms with Crippen molar-refractivity contribution in [3.63, 3.8) is 0 Å². The van der Waals surface area contributed by atoms with Gasteiger partial charge in [-0.1, -0.05) is 11.6 Å². The highest BCUT2D eigenvalue weighted by Crippen LogP contribution is 2.27. The lowest BCUT2D eigenvalue weighted by molar-refractivity contribution is 0.299. The van der Waals surface area contributed by atoms with Gasteiger partial charge < -0.3 is 4.42 Å². The lowest BCUT2D eigenvalue weighted by Crippen LogP contribution is -2.17. The molecule has 2 heterocycles. The number of nitrogens with zero attached hydrogens (tertiary/aromatic N) is 1. The summed E-state index contributed by atoms with van der Waals surface area (Å²) in [7, 11) is 0. The molecule has 0 spiro atoms. The second-order valence-electron chi connectivity index (χ2n) is 4.88. The minimum absolute atomic E-state index is 0.120. The Balaban J connectivity index is 1.78. The van der Waals surface area contributed by atoms with Crippen molar-refractivity contribution in [2.45, 2.75) is 19.4 Å². The van der Waals surface area contributed by atoms with Crippen LogP contribution in [0.3, 0.4) is 0 Å². The summed E-state index contributed by atoms with van der Waals surface area (Å²) >= 11 is 5.78. The molecule has 100 valence electrons. The lowest BCUT2D eigenvalue weighted by Gasteiger charge is -2.11. The van der Waals surface area contributed by atoms with Crippen molar-refractivity contribution in [2.75, 3.05) is 13.1 Å². The molecule has 19 heavy (non-hydrogen) atoms. The molecule has 0 saturated carbocycles. The molecule has 0 unspecified atom stereocenters. The van der Waals surface area contributed by atoms with Crippen LogP contribution in [-0.2, 0) is 6.54 Å². The monoisotopic (exact) mass is 279 g/mol. The standard InChI is InChI=1S/C15H15ClFNO/c16-13-9-11(3-5-14(13)17)15-6-4-12(19-15)10-18-7-1-2-8-18/h3-6,9H,1-2,7-8,10H2. The van der Waals surface area contributed by atoms with Gasteiger partial charge in [0.15, 0.2) is 0 Å². The van der Waals surface area contributed by atoms with E-state index in [4.69, 9.17) is 16.0 Å². The number of rotatable bonds is 3. The molecule has 1 aromatic carbocycles. The van der Waals surface area contributed by atoms with Crippen LogP contribution in [-0.4, -0.2) is 18.0 Å². The summed E-state index contributed by atoms with van der Waals surface area (Å²) < 4.78 is 18.9. The van der Waals surface area contributed by atoms with Crippen molar-refractivity contribution in [2.24, 2.45) is 0 Å². The van der Waals surface area contributed by atoms with Crippen molar-refractivity contribution in [1.82, 2.24) is 4.90 Å². The van der Waals surface area contributed by atoms with Crippen molar-refractivity contribution in [3.8, 4) is 11.3 Å². The molecule has 0 amide bonds. The Morgan fingerprint density at radius 2 is 1.95 bits per heavy atom. The van der Waals surface area contributed by atoms with Gasteiger partial charge in [-0.3, -0.25) is 4.90 Å². The number of hydrogen-bond acceptors (Lipinski definition) is 2. The van der Waals surface area contributed by atoms with Gasteiger partial charge in [0, 0.05) is 5.56 Å². The van der Waals surface area contributed by atoms with E-state index in [0.29, 0.717) is 0 Å². The van der Waals surface area contributed by atoms with Crippen molar-refractivity contribution < 1.29 is 8.81 Å². The Bertz CT molecular complexity index is 575. The van der Waals surface area contributed by atoms with E-state index in [2.05, 4.69) is 4.90 Å². The Kier molecular flexibility index (Phi) is 3.58. The second-order valence-corrected chi connectivity index (χ2v) is 5.29. The first-order valence-corrected chi connectivity index (χ1v) is 6.87. The van der Waals surface area contributed by atoms with Crippen LogP contribution in [0.2, 0.25) is 5.02 Å². The second kappa shape index (κ2) is 5.35. The van der Waals surface area contributed by atoms with Crippen LogP contribution in [0.5, 0.6) is 0 Å².